The maximum Gasteiger partial charge on any atom is 0.291 e. The molecule has 1 aliphatic rings. The number of carbonyl (C=O) groups is 3. The van der Waals surface area contributed by atoms with E-state index in [4.69, 9.17) is 11.6 Å². The van der Waals surface area contributed by atoms with Crippen LogP contribution in [0.5, 0.6) is 0 Å². The zero-order chi connectivity index (χ0) is 20.3. The molecular formula is C21H24ClN3O3+2. The average molecular weight is 402 g/mol. The highest BCUT2D eigenvalue weighted by Gasteiger charge is 2.53. The number of Topliss-reactive ketones (excluding diaryl/α,β-unsaturated/α-hetero) is 2. The van der Waals surface area contributed by atoms with Crippen LogP contribution >= 0.6 is 11.6 Å². The zero-order valence-corrected chi connectivity index (χ0v) is 16.7. The summed E-state index contributed by atoms with van der Waals surface area (Å²) in [7, 11) is 4.07. The van der Waals surface area contributed by atoms with E-state index in [-0.39, 0.29) is 5.78 Å². The minimum Gasteiger partial charge on any atom is -0.340 e. The molecule has 6 nitrogen and oxygen atoms in total. The fourth-order valence-electron chi connectivity index (χ4n) is 3.56. The molecule has 2 unspecified atom stereocenters. The number of carbonyl (C=O) groups excluding carboxylic acids is 3. The van der Waals surface area contributed by atoms with Gasteiger partial charge in [0.15, 0.2) is 12.0 Å². The molecule has 1 aliphatic heterocycles. The summed E-state index contributed by atoms with van der Waals surface area (Å²) in [4.78, 5) is 44.6. The van der Waals surface area contributed by atoms with Crippen molar-refractivity contribution in [2.75, 3.05) is 27.2 Å². The van der Waals surface area contributed by atoms with E-state index in [1.54, 1.807) is 30.5 Å². The Morgan fingerprint density at radius 3 is 2.46 bits per heavy atom. The quantitative estimate of drug-likeness (QED) is 0.420. The van der Waals surface area contributed by atoms with Crippen LogP contribution in [0.3, 0.4) is 0 Å². The number of H-pyrrole nitrogens is 1. The van der Waals surface area contributed by atoms with Gasteiger partial charge in [-0.05, 0) is 24.3 Å². The number of nitrogens with zero attached hydrogens (tertiary/aromatic N) is 1. The molecule has 2 N–H and O–H groups in total. The van der Waals surface area contributed by atoms with Gasteiger partial charge in [0, 0.05) is 35.7 Å². The van der Waals surface area contributed by atoms with Crippen LogP contribution in [0.15, 0.2) is 48.7 Å². The highest BCUT2D eigenvalue weighted by molar-refractivity contribution is 6.44. The number of rotatable bonds is 7. The van der Waals surface area contributed by atoms with Crippen molar-refractivity contribution in [1.29, 1.82) is 0 Å². The lowest BCUT2D eigenvalue weighted by Gasteiger charge is -2.24. The van der Waals surface area contributed by atoms with E-state index in [1.807, 2.05) is 32.3 Å². The fraction of sp³-hybridized carbons (Fsp3) is 0.333. The lowest BCUT2D eigenvalue weighted by molar-refractivity contribution is -0.858. The minimum absolute atomic E-state index is 0.363. The van der Waals surface area contributed by atoms with E-state index in [1.165, 1.54) is 9.80 Å². The SMILES string of the molecule is C[NH+](C)CCCN1C(=O)C(=O)C(C(=O)c2ccc(Cl)cc2)C1c1cccc[nH+]1. The molecule has 0 saturated carbocycles. The maximum atomic E-state index is 13.2. The van der Waals surface area contributed by atoms with Crippen molar-refractivity contribution in [3.05, 3.63) is 64.9 Å². The largest absolute Gasteiger partial charge is 0.340 e. The topological polar surface area (TPSA) is 73.0 Å². The first-order valence-corrected chi connectivity index (χ1v) is 9.68. The van der Waals surface area contributed by atoms with E-state index in [2.05, 4.69) is 4.98 Å². The van der Waals surface area contributed by atoms with Gasteiger partial charge in [0.05, 0.1) is 20.6 Å². The Kier molecular flexibility index (Phi) is 6.21. The molecule has 0 bridgehead atoms. The second-order valence-corrected chi connectivity index (χ2v) is 7.72. The highest BCUT2D eigenvalue weighted by Crippen LogP contribution is 2.36. The normalized spacial score (nSPS) is 19.5. The number of hydrogen-bond acceptors (Lipinski definition) is 3. The van der Waals surface area contributed by atoms with E-state index in [9.17, 15) is 14.4 Å². The molecule has 1 saturated heterocycles. The minimum atomic E-state index is -1.07. The Hall–Kier alpha value is -2.57. The van der Waals surface area contributed by atoms with Gasteiger partial charge in [0.1, 0.15) is 12.0 Å². The molecule has 1 aromatic heterocycles. The van der Waals surface area contributed by atoms with E-state index in [0.29, 0.717) is 22.8 Å². The molecule has 1 fully saturated rings. The first kappa shape index (κ1) is 20.2. The first-order valence-electron chi connectivity index (χ1n) is 9.30. The number of pyridine rings is 1. The molecule has 0 aliphatic carbocycles. The van der Waals surface area contributed by atoms with Crippen LogP contribution < -0.4 is 9.88 Å². The summed E-state index contributed by atoms with van der Waals surface area (Å²) < 4.78 is 0. The third-order valence-electron chi connectivity index (χ3n) is 4.94. The molecule has 28 heavy (non-hydrogen) atoms. The van der Waals surface area contributed by atoms with Gasteiger partial charge in [-0.15, -0.1) is 0 Å². The predicted molar refractivity (Wildman–Crippen MR) is 104 cm³/mol. The van der Waals surface area contributed by atoms with Crippen molar-refractivity contribution in [2.45, 2.75) is 12.5 Å². The lowest BCUT2D eigenvalue weighted by atomic mass is 9.88. The number of ketones is 2. The predicted octanol–water partition coefficient (Wildman–Crippen LogP) is 0.640. The van der Waals surface area contributed by atoms with Crippen LogP contribution in [-0.4, -0.2) is 49.6 Å². The second kappa shape index (κ2) is 8.63. The Balaban J connectivity index is 1.96. The monoisotopic (exact) mass is 401 g/mol. The van der Waals surface area contributed by atoms with Crippen LogP contribution in [0, 0.1) is 5.92 Å². The van der Waals surface area contributed by atoms with Crippen LogP contribution in [0.4, 0.5) is 0 Å². The summed E-state index contributed by atoms with van der Waals surface area (Å²) in [6.45, 7) is 1.28. The van der Waals surface area contributed by atoms with Crippen LogP contribution in [-0.2, 0) is 9.59 Å². The second-order valence-electron chi connectivity index (χ2n) is 7.29. The summed E-state index contributed by atoms with van der Waals surface area (Å²) in [5.41, 5.74) is 1.04. The van der Waals surface area contributed by atoms with Gasteiger partial charge in [0.25, 0.3) is 5.91 Å². The number of quaternary nitrogens is 1. The molecule has 0 spiro atoms. The van der Waals surface area contributed by atoms with Gasteiger partial charge in [-0.3, -0.25) is 14.4 Å². The fourth-order valence-corrected chi connectivity index (χ4v) is 3.69. The van der Waals surface area contributed by atoms with Gasteiger partial charge in [0.2, 0.25) is 11.5 Å². The van der Waals surface area contributed by atoms with E-state index >= 15 is 0 Å². The maximum absolute atomic E-state index is 13.2. The number of halogens is 1. The molecule has 2 aromatic rings. The molecule has 3 rings (SSSR count). The van der Waals surface area contributed by atoms with Crippen molar-refractivity contribution in [1.82, 2.24) is 4.90 Å². The Morgan fingerprint density at radius 1 is 1.14 bits per heavy atom. The van der Waals surface area contributed by atoms with Gasteiger partial charge in [-0.2, -0.15) is 0 Å². The molecule has 2 atom stereocenters. The number of nitrogens with one attached hydrogen (secondary N) is 2. The van der Waals surface area contributed by atoms with Crippen molar-refractivity contribution in [3.63, 3.8) is 0 Å². The van der Waals surface area contributed by atoms with Gasteiger partial charge in [-0.25, -0.2) is 4.98 Å². The van der Waals surface area contributed by atoms with Crippen molar-refractivity contribution < 1.29 is 24.3 Å². The molecule has 2 heterocycles. The lowest BCUT2D eigenvalue weighted by Crippen LogP contribution is -3.05. The van der Waals surface area contributed by atoms with Crippen LogP contribution in [0.25, 0.3) is 0 Å². The summed E-state index contributed by atoms with van der Waals surface area (Å²) in [6.07, 6.45) is 2.47. The number of amides is 1. The van der Waals surface area contributed by atoms with Gasteiger partial charge >= 0.3 is 0 Å². The highest BCUT2D eigenvalue weighted by atomic mass is 35.5. The molecule has 0 radical (unpaired) electrons. The number of aromatic amines is 1. The van der Waals surface area contributed by atoms with Crippen molar-refractivity contribution in [2.24, 2.45) is 5.92 Å². The van der Waals surface area contributed by atoms with Crippen molar-refractivity contribution >= 4 is 29.1 Å². The summed E-state index contributed by atoms with van der Waals surface area (Å²) >= 11 is 5.91. The smallest absolute Gasteiger partial charge is 0.291 e. The van der Waals surface area contributed by atoms with Gasteiger partial charge in [-0.1, -0.05) is 17.7 Å². The summed E-state index contributed by atoms with van der Waals surface area (Å²) in [6, 6.07) is 11.2. The van der Waals surface area contributed by atoms with Crippen molar-refractivity contribution in [3.8, 4) is 0 Å². The Bertz CT molecular complexity index is 868. The third kappa shape index (κ3) is 4.13. The summed E-state index contributed by atoms with van der Waals surface area (Å²) in [5, 5.41) is 0.506. The Morgan fingerprint density at radius 2 is 1.86 bits per heavy atom. The zero-order valence-electron chi connectivity index (χ0n) is 15.9. The van der Waals surface area contributed by atoms with Crippen LogP contribution in [0.1, 0.15) is 28.5 Å². The molecule has 1 aromatic carbocycles. The molecule has 1 amide bonds. The van der Waals surface area contributed by atoms with Gasteiger partial charge < -0.3 is 9.80 Å². The number of benzene rings is 1. The number of hydrogen-bond donors (Lipinski definition) is 1. The standard InChI is InChI=1S/C21H22ClN3O3/c1-24(2)12-5-13-25-18(16-6-3-4-11-23-16)17(20(27)21(25)28)19(26)14-7-9-15(22)10-8-14/h3-4,6-11,17-18H,5,12-13H2,1-2H3/p+2. The van der Waals surface area contributed by atoms with E-state index < -0.39 is 23.7 Å². The molecule has 7 heteroatoms. The van der Waals surface area contributed by atoms with E-state index in [0.717, 1.165) is 13.0 Å². The van der Waals surface area contributed by atoms with Crippen LogP contribution in [0.2, 0.25) is 5.02 Å². The first-order chi connectivity index (χ1) is 13.4. The summed E-state index contributed by atoms with van der Waals surface area (Å²) in [5.74, 6) is -2.68. The number of aromatic nitrogens is 1. The average Bonchev–Trinajstić information content (AvgIpc) is 2.93. The molecule has 146 valence electrons. The molecular weight excluding hydrogens is 378 g/mol. The Labute approximate surface area is 169 Å². The third-order valence-corrected chi connectivity index (χ3v) is 5.20. The number of likely N-dealkylation sites (tertiary alicyclic amines) is 1.